The molecule has 4 rings (SSSR count). The van der Waals surface area contributed by atoms with Crippen LogP contribution in [0.15, 0.2) is 47.0 Å². The van der Waals surface area contributed by atoms with Gasteiger partial charge in [0.15, 0.2) is 6.61 Å². The number of aromatic nitrogens is 1. The number of rotatable bonds is 7. The number of esters is 1. The van der Waals surface area contributed by atoms with Crippen LogP contribution in [0.25, 0.3) is 11.3 Å². The monoisotopic (exact) mass is 499 g/mol. The first-order valence-electron chi connectivity index (χ1n) is 11.1. The van der Waals surface area contributed by atoms with Crippen LogP contribution in [0.3, 0.4) is 0 Å². The normalized spacial score (nSPS) is 13.5. The second-order valence-electron chi connectivity index (χ2n) is 8.18. The van der Waals surface area contributed by atoms with Gasteiger partial charge in [-0.2, -0.15) is 0 Å². The van der Waals surface area contributed by atoms with Crippen molar-refractivity contribution in [1.29, 1.82) is 0 Å². The molecule has 2 aromatic carbocycles. The Morgan fingerprint density at radius 2 is 1.89 bits per heavy atom. The minimum Gasteiger partial charge on any atom is -0.452 e. The van der Waals surface area contributed by atoms with Gasteiger partial charge in [-0.05, 0) is 44.0 Å². The maximum absolute atomic E-state index is 14.4. The van der Waals surface area contributed by atoms with Gasteiger partial charge in [-0.1, -0.05) is 47.8 Å². The summed E-state index contributed by atoms with van der Waals surface area (Å²) in [5, 5.41) is 9.37. The van der Waals surface area contributed by atoms with Crippen molar-refractivity contribution in [2.75, 3.05) is 11.9 Å². The molecule has 1 heterocycles. The molecule has 35 heavy (non-hydrogen) atoms. The number of para-hydroxylation sites is 1. The van der Waals surface area contributed by atoms with E-state index in [4.69, 9.17) is 20.9 Å². The highest BCUT2D eigenvalue weighted by Crippen LogP contribution is 2.33. The molecule has 2 N–H and O–H groups in total. The summed E-state index contributed by atoms with van der Waals surface area (Å²) in [5.41, 5.74) is 0.241. The standard InChI is InChI=1S/C25H23ClFN3O5/c1-14-21(23(30-35-14)22-17(26)10-6-11-18(22)27)25(33)34-13-20(31)29-19-12-5-4-9-16(19)24(32)28-15-7-2-3-8-15/h4-6,9-12,15H,2-3,7-8,13H2,1H3,(H,28,32)(H,29,31). The Morgan fingerprint density at radius 3 is 2.63 bits per heavy atom. The summed E-state index contributed by atoms with van der Waals surface area (Å²) in [6, 6.07) is 10.7. The van der Waals surface area contributed by atoms with Crippen LogP contribution < -0.4 is 10.6 Å². The molecule has 2 amide bonds. The molecule has 1 aromatic heterocycles. The lowest BCUT2D eigenvalue weighted by atomic mass is 10.1. The van der Waals surface area contributed by atoms with Gasteiger partial charge in [0.05, 0.1) is 21.8 Å². The van der Waals surface area contributed by atoms with Crippen LogP contribution in [0.2, 0.25) is 5.02 Å². The Labute approximate surface area is 205 Å². The molecule has 1 fully saturated rings. The molecule has 3 aromatic rings. The van der Waals surface area contributed by atoms with Gasteiger partial charge in [0.1, 0.15) is 22.8 Å². The molecule has 0 unspecified atom stereocenters. The number of ether oxygens (including phenoxy) is 1. The summed E-state index contributed by atoms with van der Waals surface area (Å²) < 4.78 is 24.6. The lowest BCUT2D eigenvalue weighted by Crippen LogP contribution is -2.33. The molecular weight excluding hydrogens is 477 g/mol. The van der Waals surface area contributed by atoms with Gasteiger partial charge in [0, 0.05) is 6.04 Å². The van der Waals surface area contributed by atoms with E-state index in [9.17, 15) is 18.8 Å². The highest BCUT2D eigenvalue weighted by molar-refractivity contribution is 6.33. The Bertz CT molecular complexity index is 1250. The fourth-order valence-electron chi connectivity index (χ4n) is 4.02. The van der Waals surface area contributed by atoms with Crippen LogP contribution >= 0.6 is 11.6 Å². The topological polar surface area (TPSA) is 111 Å². The lowest BCUT2D eigenvalue weighted by Gasteiger charge is -2.15. The van der Waals surface area contributed by atoms with Gasteiger partial charge in [0.2, 0.25) is 0 Å². The summed E-state index contributed by atoms with van der Waals surface area (Å²) in [5.74, 6) is -2.47. The van der Waals surface area contributed by atoms with Gasteiger partial charge in [-0.15, -0.1) is 0 Å². The number of nitrogens with one attached hydrogen (secondary N) is 2. The number of nitrogens with zero attached hydrogens (tertiary/aromatic N) is 1. The van der Waals surface area contributed by atoms with Crippen molar-refractivity contribution in [2.45, 2.75) is 38.6 Å². The second kappa shape index (κ2) is 10.7. The molecule has 182 valence electrons. The van der Waals surface area contributed by atoms with E-state index in [2.05, 4.69) is 15.8 Å². The minimum absolute atomic E-state index is 0.0394. The third-order valence-electron chi connectivity index (χ3n) is 5.74. The van der Waals surface area contributed by atoms with Crippen LogP contribution in [0.4, 0.5) is 10.1 Å². The molecular formula is C25H23ClFN3O5. The number of benzene rings is 2. The molecule has 0 bridgehead atoms. The van der Waals surface area contributed by atoms with E-state index in [0.717, 1.165) is 25.7 Å². The summed E-state index contributed by atoms with van der Waals surface area (Å²) in [6.07, 6.45) is 4.01. The van der Waals surface area contributed by atoms with Crippen molar-refractivity contribution in [3.05, 3.63) is 70.2 Å². The van der Waals surface area contributed by atoms with Crippen LogP contribution in [-0.2, 0) is 9.53 Å². The lowest BCUT2D eigenvalue weighted by molar-refractivity contribution is -0.119. The number of carbonyl (C=O) groups is 3. The zero-order chi connectivity index (χ0) is 24.9. The van der Waals surface area contributed by atoms with E-state index in [1.165, 1.54) is 25.1 Å². The number of amides is 2. The molecule has 8 nitrogen and oxygen atoms in total. The summed E-state index contributed by atoms with van der Waals surface area (Å²) in [6.45, 7) is 0.813. The molecule has 0 aliphatic heterocycles. The van der Waals surface area contributed by atoms with Crippen LogP contribution in [0.5, 0.6) is 0 Å². The molecule has 0 saturated heterocycles. The van der Waals surface area contributed by atoms with Gasteiger partial charge in [0.25, 0.3) is 11.8 Å². The first kappa shape index (κ1) is 24.4. The third-order valence-corrected chi connectivity index (χ3v) is 6.05. The molecule has 1 aliphatic rings. The molecule has 1 aliphatic carbocycles. The minimum atomic E-state index is -0.930. The van der Waals surface area contributed by atoms with E-state index in [1.54, 1.807) is 24.3 Å². The first-order valence-corrected chi connectivity index (χ1v) is 11.5. The van der Waals surface area contributed by atoms with Crippen molar-refractivity contribution < 1.29 is 28.0 Å². The number of carbonyl (C=O) groups excluding carboxylic acids is 3. The van der Waals surface area contributed by atoms with Gasteiger partial charge in [-0.25, -0.2) is 9.18 Å². The predicted molar refractivity (Wildman–Crippen MR) is 127 cm³/mol. The Morgan fingerprint density at radius 1 is 1.14 bits per heavy atom. The Hall–Kier alpha value is -3.72. The average Bonchev–Trinajstić information content (AvgIpc) is 3.47. The highest BCUT2D eigenvalue weighted by atomic mass is 35.5. The fourth-order valence-corrected chi connectivity index (χ4v) is 4.27. The molecule has 1 saturated carbocycles. The predicted octanol–water partition coefficient (Wildman–Crippen LogP) is 4.91. The average molecular weight is 500 g/mol. The maximum atomic E-state index is 14.4. The first-order chi connectivity index (χ1) is 16.8. The largest absolute Gasteiger partial charge is 0.452 e. The van der Waals surface area contributed by atoms with E-state index < -0.39 is 24.3 Å². The van der Waals surface area contributed by atoms with Gasteiger partial charge >= 0.3 is 5.97 Å². The fraction of sp³-hybridized carbons (Fsp3) is 0.280. The van der Waals surface area contributed by atoms with E-state index in [-0.39, 0.29) is 39.6 Å². The summed E-state index contributed by atoms with van der Waals surface area (Å²) in [7, 11) is 0. The second-order valence-corrected chi connectivity index (χ2v) is 8.59. The highest BCUT2D eigenvalue weighted by Gasteiger charge is 2.27. The summed E-state index contributed by atoms with van der Waals surface area (Å²) >= 11 is 6.09. The zero-order valence-corrected chi connectivity index (χ0v) is 19.7. The van der Waals surface area contributed by atoms with E-state index >= 15 is 0 Å². The van der Waals surface area contributed by atoms with Crippen molar-refractivity contribution in [3.8, 4) is 11.3 Å². The van der Waals surface area contributed by atoms with Crippen molar-refractivity contribution >= 4 is 35.1 Å². The molecule has 10 heteroatoms. The number of hydrogen-bond donors (Lipinski definition) is 2. The van der Waals surface area contributed by atoms with Gasteiger partial charge in [-0.3, -0.25) is 9.59 Å². The van der Waals surface area contributed by atoms with Crippen molar-refractivity contribution in [1.82, 2.24) is 10.5 Å². The van der Waals surface area contributed by atoms with E-state index in [0.29, 0.717) is 11.3 Å². The number of halogens is 2. The van der Waals surface area contributed by atoms with Crippen LogP contribution in [0.1, 0.15) is 52.2 Å². The van der Waals surface area contributed by atoms with Crippen molar-refractivity contribution in [3.63, 3.8) is 0 Å². The number of hydrogen-bond acceptors (Lipinski definition) is 6. The quantitative estimate of drug-likeness (QED) is 0.447. The maximum Gasteiger partial charge on any atom is 0.344 e. The third kappa shape index (κ3) is 5.51. The Kier molecular flexibility index (Phi) is 7.45. The molecule has 0 radical (unpaired) electrons. The SMILES string of the molecule is Cc1onc(-c2c(F)cccc2Cl)c1C(=O)OCC(=O)Nc1ccccc1C(=O)NC1CCCC1. The molecule has 0 atom stereocenters. The number of anilines is 1. The van der Waals surface area contributed by atoms with Crippen molar-refractivity contribution in [2.24, 2.45) is 0 Å². The smallest absolute Gasteiger partial charge is 0.344 e. The zero-order valence-electron chi connectivity index (χ0n) is 18.9. The number of aryl methyl sites for hydroxylation is 1. The molecule has 0 spiro atoms. The summed E-state index contributed by atoms with van der Waals surface area (Å²) in [4.78, 5) is 37.9. The van der Waals surface area contributed by atoms with Crippen LogP contribution in [-0.4, -0.2) is 35.6 Å². The van der Waals surface area contributed by atoms with Gasteiger partial charge < -0.3 is 19.9 Å². The van der Waals surface area contributed by atoms with E-state index in [1.807, 2.05) is 0 Å². The Balaban J connectivity index is 1.43. The van der Waals surface area contributed by atoms with Crippen LogP contribution in [0, 0.1) is 12.7 Å².